The number of hydrogen-bond donors (Lipinski definition) is 0. The number of carbonyl (C=O) groups excluding carboxylic acids is 1. The maximum atomic E-state index is 12.6. The molecule has 1 amide bonds. The molecule has 0 saturated heterocycles. The summed E-state index contributed by atoms with van der Waals surface area (Å²) in [6.45, 7) is 0.447. The Kier molecular flexibility index (Phi) is 4.94. The number of anilines is 1. The second-order valence-electron chi connectivity index (χ2n) is 6.83. The van der Waals surface area contributed by atoms with E-state index in [4.69, 9.17) is 21.3 Å². The van der Waals surface area contributed by atoms with Gasteiger partial charge in [-0.05, 0) is 48.0 Å². The SMILES string of the molecule is O=C1COc2ccc(-c3csc(-c4ccccn4)n3)cc2N1Cc1cccc(Cl)c1. The zero-order valence-electron chi connectivity index (χ0n) is 15.8. The molecule has 0 atom stereocenters. The predicted molar refractivity (Wildman–Crippen MR) is 119 cm³/mol. The Bertz CT molecular complexity index is 1230. The molecule has 0 aliphatic carbocycles. The Hall–Kier alpha value is -3.22. The van der Waals surface area contributed by atoms with Crippen LogP contribution in [-0.4, -0.2) is 22.5 Å². The Balaban J connectivity index is 1.49. The third-order valence-corrected chi connectivity index (χ3v) is 5.92. The maximum absolute atomic E-state index is 12.6. The number of halogens is 1. The van der Waals surface area contributed by atoms with Crippen LogP contribution in [0.3, 0.4) is 0 Å². The third-order valence-electron chi connectivity index (χ3n) is 4.82. The van der Waals surface area contributed by atoms with Gasteiger partial charge in [0.15, 0.2) is 6.61 Å². The molecule has 30 heavy (non-hydrogen) atoms. The molecule has 4 aromatic rings. The number of rotatable bonds is 4. The molecule has 0 fully saturated rings. The first-order valence-electron chi connectivity index (χ1n) is 9.36. The van der Waals surface area contributed by atoms with Gasteiger partial charge in [-0.3, -0.25) is 9.78 Å². The quantitative estimate of drug-likeness (QED) is 0.429. The Morgan fingerprint density at radius 3 is 2.83 bits per heavy atom. The number of carbonyl (C=O) groups is 1. The van der Waals surface area contributed by atoms with Gasteiger partial charge in [-0.1, -0.05) is 29.8 Å². The van der Waals surface area contributed by atoms with Crippen molar-refractivity contribution in [1.29, 1.82) is 0 Å². The molecule has 0 unspecified atom stereocenters. The zero-order valence-corrected chi connectivity index (χ0v) is 17.4. The topological polar surface area (TPSA) is 55.3 Å². The minimum absolute atomic E-state index is 0.0213. The lowest BCUT2D eigenvalue weighted by molar-refractivity contribution is -0.121. The molecule has 148 valence electrons. The first kappa shape index (κ1) is 18.8. The van der Waals surface area contributed by atoms with E-state index in [9.17, 15) is 4.79 Å². The number of thiazole rings is 1. The predicted octanol–water partition coefficient (Wildman–Crippen LogP) is 5.45. The van der Waals surface area contributed by atoms with E-state index in [0.29, 0.717) is 17.3 Å². The van der Waals surface area contributed by atoms with E-state index in [0.717, 1.165) is 33.2 Å². The number of hydrogen-bond acceptors (Lipinski definition) is 5. The van der Waals surface area contributed by atoms with Crippen LogP contribution in [0.4, 0.5) is 5.69 Å². The average Bonchev–Trinajstić information content (AvgIpc) is 3.26. The largest absolute Gasteiger partial charge is 0.482 e. The molecule has 7 heteroatoms. The molecule has 0 N–H and O–H groups in total. The zero-order chi connectivity index (χ0) is 20.5. The standard InChI is InChI=1S/C23H16ClN3O2S/c24-17-5-3-4-15(10-17)12-27-20-11-16(7-8-21(20)29-13-22(27)28)19-14-30-23(26-19)18-6-1-2-9-25-18/h1-11,14H,12-13H2. The smallest absolute Gasteiger partial charge is 0.265 e. The van der Waals surface area contributed by atoms with Crippen LogP contribution in [0.1, 0.15) is 5.56 Å². The molecular formula is C23H16ClN3O2S. The molecule has 0 bridgehead atoms. The lowest BCUT2D eigenvalue weighted by Crippen LogP contribution is -2.38. The lowest BCUT2D eigenvalue weighted by Gasteiger charge is -2.30. The fourth-order valence-electron chi connectivity index (χ4n) is 3.37. The molecular weight excluding hydrogens is 418 g/mol. The average molecular weight is 434 g/mol. The summed E-state index contributed by atoms with van der Waals surface area (Å²) < 4.78 is 5.65. The molecule has 5 nitrogen and oxygen atoms in total. The van der Waals surface area contributed by atoms with Crippen molar-refractivity contribution >= 4 is 34.5 Å². The van der Waals surface area contributed by atoms with E-state index >= 15 is 0 Å². The summed E-state index contributed by atoms with van der Waals surface area (Å²) in [7, 11) is 0. The summed E-state index contributed by atoms with van der Waals surface area (Å²) in [6.07, 6.45) is 1.76. The Labute approximate surface area is 182 Å². The number of nitrogens with zero attached hydrogens (tertiary/aromatic N) is 3. The first-order chi connectivity index (χ1) is 14.7. The summed E-state index contributed by atoms with van der Waals surface area (Å²) >= 11 is 7.66. The number of fused-ring (bicyclic) bond motifs is 1. The van der Waals surface area contributed by atoms with E-state index in [1.165, 1.54) is 0 Å². The molecule has 0 radical (unpaired) electrons. The van der Waals surface area contributed by atoms with Crippen LogP contribution < -0.4 is 9.64 Å². The number of pyridine rings is 1. The third kappa shape index (κ3) is 3.67. The van der Waals surface area contributed by atoms with Gasteiger partial charge in [0.1, 0.15) is 10.8 Å². The summed E-state index contributed by atoms with van der Waals surface area (Å²) in [4.78, 5) is 23.5. The van der Waals surface area contributed by atoms with Gasteiger partial charge >= 0.3 is 0 Å². The van der Waals surface area contributed by atoms with Crippen LogP contribution >= 0.6 is 22.9 Å². The Morgan fingerprint density at radius 2 is 2.00 bits per heavy atom. The number of aromatic nitrogens is 2. The van der Waals surface area contributed by atoms with Gasteiger partial charge in [-0.15, -0.1) is 11.3 Å². The van der Waals surface area contributed by atoms with Crippen LogP contribution in [0.25, 0.3) is 22.0 Å². The van der Waals surface area contributed by atoms with Crippen molar-refractivity contribution in [2.24, 2.45) is 0 Å². The summed E-state index contributed by atoms with van der Waals surface area (Å²) in [6, 6.07) is 19.1. The second-order valence-corrected chi connectivity index (χ2v) is 8.13. The second kappa shape index (κ2) is 7.89. The van der Waals surface area contributed by atoms with Crippen molar-refractivity contribution in [2.75, 3.05) is 11.5 Å². The number of amides is 1. The molecule has 2 aromatic carbocycles. The summed E-state index contributed by atoms with van der Waals surface area (Å²) in [5.41, 5.74) is 4.29. The van der Waals surface area contributed by atoms with E-state index in [2.05, 4.69) is 4.98 Å². The highest BCUT2D eigenvalue weighted by molar-refractivity contribution is 7.13. The van der Waals surface area contributed by atoms with Gasteiger partial charge in [0.05, 0.1) is 23.6 Å². The van der Waals surface area contributed by atoms with Crippen LogP contribution in [0.5, 0.6) is 5.75 Å². The van der Waals surface area contributed by atoms with Crippen LogP contribution in [0, 0.1) is 0 Å². The van der Waals surface area contributed by atoms with E-state index in [1.807, 2.05) is 66.0 Å². The first-order valence-corrected chi connectivity index (χ1v) is 10.6. The van der Waals surface area contributed by atoms with Gasteiger partial charge in [-0.2, -0.15) is 0 Å². The van der Waals surface area contributed by atoms with Crippen LogP contribution in [0.15, 0.2) is 72.2 Å². The van der Waals surface area contributed by atoms with Crippen molar-refractivity contribution in [3.8, 4) is 27.7 Å². The fourth-order valence-corrected chi connectivity index (χ4v) is 4.38. The van der Waals surface area contributed by atoms with E-state index < -0.39 is 0 Å². The van der Waals surface area contributed by atoms with Crippen molar-refractivity contribution in [1.82, 2.24) is 9.97 Å². The van der Waals surface area contributed by atoms with Crippen molar-refractivity contribution < 1.29 is 9.53 Å². The highest BCUT2D eigenvalue weighted by atomic mass is 35.5. The van der Waals surface area contributed by atoms with Gasteiger partial charge in [0.25, 0.3) is 5.91 Å². The molecule has 3 heterocycles. The van der Waals surface area contributed by atoms with Gasteiger partial charge in [0, 0.05) is 22.2 Å². The highest BCUT2D eigenvalue weighted by Crippen LogP contribution is 2.38. The summed E-state index contributed by atoms with van der Waals surface area (Å²) in [5.74, 6) is 0.590. The van der Waals surface area contributed by atoms with Gasteiger partial charge < -0.3 is 9.64 Å². The molecule has 1 aliphatic heterocycles. The van der Waals surface area contributed by atoms with E-state index in [-0.39, 0.29) is 12.5 Å². The molecule has 2 aromatic heterocycles. The van der Waals surface area contributed by atoms with Gasteiger partial charge in [0.2, 0.25) is 0 Å². The molecule has 1 aliphatic rings. The summed E-state index contributed by atoms with van der Waals surface area (Å²) in [5, 5.41) is 3.50. The van der Waals surface area contributed by atoms with Crippen LogP contribution in [0.2, 0.25) is 5.02 Å². The monoisotopic (exact) mass is 433 g/mol. The van der Waals surface area contributed by atoms with Crippen molar-refractivity contribution in [3.63, 3.8) is 0 Å². The minimum Gasteiger partial charge on any atom is -0.482 e. The molecule has 5 rings (SSSR count). The highest BCUT2D eigenvalue weighted by Gasteiger charge is 2.26. The van der Waals surface area contributed by atoms with E-state index in [1.54, 1.807) is 22.4 Å². The van der Waals surface area contributed by atoms with Crippen molar-refractivity contribution in [3.05, 3.63) is 82.8 Å². The molecule has 0 spiro atoms. The fraction of sp³-hybridized carbons (Fsp3) is 0.0870. The number of ether oxygens (including phenoxy) is 1. The minimum atomic E-state index is -0.0907. The lowest BCUT2D eigenvalue weighted by atomic mass is 10.1. The van der Waals surface area contributed by atoms with Crippen molar-refractivity contribution in [2.45, 2.75) is 6.54 Å². The number of benzene rings is 2. The molecule has 0 saturated carbocycles. The maximum Gasteiger partial charge on any atom is 0.265 e. The Morgan fingerprint density at radius 1 is 1.07 bits per heavy atom. The normalized spacial score (nSPS) is 13.1. The van der Waals surface area contributed by atoms with Crippen LogP contribution in [-0.2, 0) is 11.3 Å². The van der Waals surface area contributed by atoms with Gasteiger partial charge in [-0.25, -0.2) is 4.98 Å².